The van der Waals surface area contributed by atoms with E-state index in [4.69, 9.17) is 28.4 Å². The van der Waals surface area contributed by atoms with E-state index in [1.54, 1.807) is 48.5 Å². The third kappa shape index (κ3) is 6.60. The lowest BCUT2D eigenvalue weighted by atomic mass is 9.86. The molecule has 2 amide bonds. The number of anilines is 2. The molecule has 7 nitrogen and oxygen atoms in total. The van der Waals surface area contributed by atoms with Crippen molar-refractivity contribution < 1.29 is 14.3 Å². The van der Waals surface area contributed by atoms with E-state index in [0.29, 0.717) is 34.8 Å². The van der Waals surface area contributed by atoms with E-state index in [2.05, 4.69) is 26.1 Å². The van der Waals surface area contributed by atoms with Crippen LogP contribution >= 0.6 is 24.6 Å². The highest BCUT2D eigenvalue weighted by atomic mass is 35.5. The maximum absolute atomic E-state index is 13.3. The fourth-order valence-electron chi connectivity index (χ4n) is 3.54. The molecule has 3 aromatic carbocycles. The molecule has 0 saturated heterocycles. The summed E-state index contributed by atoms with van der Waals surface area (Å²) in [5.74, 6) is -0.328. The number of rotatable bonds is 6. The Morgan fingerprint density at radius 3 is 2.22 bits per heavy atom. The largest absolute Gasteiger partial charge is 0.494 e. The standard InChI is InChI=1S/C27H30N4O3S.ClH/c1-27(2,3)20-10-8-18(9-11-20)25(33)31(26(29)35)21-12-13-22(23(15-21)34-4)30-24(32)19-7-5-6-17(14-19)16-28;/h5-15H,16,28H2,1-4H3,(H2,29,35)(H,30,32);1H. The first-order chi connectivity index (χ1) is 16.5. The highest BCUT2D eigenvalue weighted by molar-refractivity contribution is 7.80. The van der Waals surface area contributed by atoms with Gasteiger partial charge in [-0.2, -0.15) is 0 Å². The molecule has 36 heavy (non-hydrogen) atoms. The zero-order valence-corrected chi connectivity index (χ0v) is 22.3. The summed E-state index contributed by atoms with van der Waals surface area (Å²) in [4.78, 5) is 27.3. The molecule has 0 atom stereocenters. The average Bonchev–Trinajstić information content (AvgIpc) is 2.84. The number of benzene rings is 3. The van der Waals surface area contributed by atoms with Crippen LogP contribution in [0.15, 0.2) is 66.7 Å². The summed E-state index contributed by atoms with van der Waals surface area (Å²) in [6.07, 6.45) is 0. The van der Waals surface area contributed by atoms with Crippen LogP contribution in [0.25, 0.3) is 0 Å². The molecular formula is C27H31ClN4O3S. The van der Waals surface area contributed by atoms with Crippen molar-refractivity contribution in [3.63, 3.8) is 0 Å². The maximum atomic E-state index is 13.3. The molecule has 5 N–H and O–H groups in total. The van der Waals surface area contributed by atoms with Crippen molar-refractivity contribution in [1.29, 1.82) is 0 Å². The Morgan fingerprint density at radius 2 is 1.67 bits per heavy atom. The Morgan fingerprint density at radius 1 is 1.00 bits per heavy atom. The summed E-state index contributed by atoms with van der Waals surface area (Å²) in [6.45, 7) is 6.65. The van der Waals surface area contributed by atoms with Gasteiger partial charge in [-0.25, -0.2) is 0 Å². The molecule has 0 fully saturated rings. The maximum Gasteiger partial charge on any atom is 0.264 e. The molecule has 3 aromatic rings. The quantitative estimate of drug-likeness (QED) is 0.389. The van der Waals surface area contributed by atoms with Crippen molar-refractivity contribution in [3.8, 4) is 5.75 Å². The number of nitrogens with zero attached hydrogens (tertiary/aromatic N) is 1. The lowest BCUT2D eigenvalue weighted by Gasteiger charge is -2.23. The van der Waals surface area contributed by atoms with E-state index in [1.807, 2.05) is 18.2 Å². The van der Waals surface area contributed by atoms with Gasteiger partial charge in [0.1, 0.15) is 5.75 Å². The van der Waals surface area contributed by atoms with Crippen LogP contribution in [0.4, 0.5) is 11.4 Å². The summed E-state index contributed by atoms with van der Waals surface area (Å²) in [5.41, 5.74) is 15.3. The molecule has 0 aliphatic carbocycles. The van der Waals surface area contributed by atoms with Crippen LogP contribution in [0.2, 0.25) is 0 Å². The Hall–Kier alpha value is -3.46. The van der Waals surface area contributed by atoms with Crippen LogP contribution in [0.3, 0.4) is 0 Å². The summed E-state index contributed by atoms with van der Waals surface area (Å²) in [6, 6.07) is 19.3. The molecule has 0 saturated carbocycles. The molecule has 0 unspecified atom stereocenters. The molecule has 9 heteroatoms. The second-order valence-corrected chi connectivity index (χ2v) is 9.47. The van der Waals surface area contributed by atoms with Gasteiger partial charge < -0.3 is 21.5 Å². The van der Waals surface area contributed by atoms with Crippen LogP contribution in [-0.4, -0.2) is 24.0 Å². The van der Waals surface area contributed by atoms with Gasteiger partial charge in [-0.05, 0) is 65.2 Å². The number of nitrogens with one attached hydrogen (secondary N) is 1. The summed E-state index contributed by atoms with van der Waals surface area (Å²) in [7, 11) is 1.47. The fourth-order valence-corrected chi connectivity index (χ4v) is 3.73. The van der Waals surface area contributed by atoms with Crippen LogP contribution in [0, 0.1) is 0 Å². The van der Waals surface area contributed by atoms with Gasteiger partial charge in [0.05, 0.1) is 18.5 Å². The van der Waals surface area contributed by atoms with Gasteiger partial charge in [-0.15, -0.1) is 12.4 Å². The van der Waals surface area contributed by atoms with E-state index < -0.39 is 0 Å². The molecule has 0 spiro atoms. The van der Waals surface area contributed by atoms with Crippen molar-refractivity contribution in [1.82, 2.24) is 0 Å². The Balaban J connectivity index is 0.00000456. The van der Waals surface area contributed by atoms with Gasteiger partial charge >= 0.3 is 0 Å². The molecule has 0 aliphatic rings. The smallest absolute Gasteiger partial charge is 0.264 e. The first-order valence-corrected chi connectivity index (χ1v) is 11.5. The first-order valence-electron chi connectivity index (χ1n) is 11.1. The van der Waals surface area contributed by atoms with Crippen molar-refractivity contribution in [3.05, 3.63) is 89.0 Å². The van der Waals surface area contributed by atoms with Crippen molar-refractivity contribution in [2.24, 2.45) is 11.5 Å². The summed E-state index contributed by atoms with van der Waals surface area (Å²) >= 11 is 5.19. The number of carbonyl (C=O) groups excluding carboxylic acids is 2. The third-order valence-electron chi connectivity index (χ3n) is 5.54. The van der Waals surface area contributed by atoms with E-state index in [9.17, 15) is 9.59 Å². The Labute approximate surface area is 223 Å². The number of hydrogen-bond donors (Lipinski definition) is 3. The molecule has 0 aliphatic heterocycles. The summed E-state index contributed by atoms with van der Waals surface area (Å²) < 4.78 is 5.48. The van der Waals surface area contributed by atoms with Gasteiger partial charge in [0.15, 0.2) is 5.11 Å². The normalized spacial score (nSPS) is 10.7. The first kappa shape index (κ1) is 28.8. The third-order valence-corrected chi connectivity index (χ3v) is 5.72. The molecular weight excluding hydrogens is 496 g/mol. The highest BCUT2D eigenvalue weighted by Crippen LogP contribution is 2.31. The number of carbonyl (C=O) groups is 2. The van der Waals surface area contributed by atoms with Gasteiger partial charge in [0, 0.05) is 23.7 Å². The van der Waals surface area contributed by atoms with E-state index in [1.165, 1.54) is 12.0 Å². The SMILES string of the molecule is COc1cc(N(C(=O)c2ccc(C(C)(C)C)cc2)C(N)=S)ccc1NC(=O)c1cccc(CN)c1.Cl. The number of nitrogens with two attached hydrogens (primary N) is 2. The van der Waals surface area contributed by atoms with Crippen LogP contribution < -0.4 is 26.4 Å². The van der Waals surface area contributed by atoms with E-state index >= 15 is 0 Å². The zero-order valence-electron chi connectivity index (χ0n) is 20.7. The second kappa shape index (κ2) is 12.0. The van der Waals surface area contributed by atoms with E-state index in [-0.39, 0.29) is 34.7 Å². The topological polar surface area (TPSA) is 111 Å². The second-order valence-electron chi connectivity index (χ2n) is 9.05. The minimum absolute atomic E-state index is 0. The van der Waals surface area contributed by atoms with Gasteiger partial charge in [0.2, 0.25) is 0 Å². The van der Waals surface area contributed by atoms with Crippen LogP contribution in [0.1, 0.15) is 52.6 Å². The number of halogens is 1. The monoisotopic (exact) mass is 526 g/mol. The molecule has 0 radical (unpaired) electrons. The molecule has 0 aromatic heterocycles. The molecule has 0 heterocycles. The van der Waals surface area contributed by atoms with E-state index in [0.717, 1.165) is 11.1 Å². The average molecular weight is 527 g/mol. The fraction of sp³-hybridized carbons (Fsp3) is 0.222. The van der Waals surface area contributed by atoms with Crippen LogP contribution in [-0.2, 0) is 12.0 Å². The minimum Gasteiger partial charge on any atom is -0.494 e. The number of methoxy groups -OCH3 is 1. The number of ether oxygens (including phenoxy) is 1. The van der Waals surface area contributed by atoms with Crippen molar-refractivity contribution in [2.75, 3.05) is 17.3 Å². The lowest BCUT2D eigenvalue weighted by molar-refractivity contribution is 0.0999. The minimum atomic E-state index is -0.365. The lowest BCUT2D eigenvalue weighted by Crippen LogP contribution is -2.40. The van der Waals surface area contributed by atoms with Gasteiger partial charge in [-0.3, -0.25) is 14.5 Å². The molecule has 3 rings (SSSR count). The predicted octanol–water partition coefficient (Wildman–Crippen LogP) is 5.02. The Kier molecular flexibility index (Phi) is 9.58. The molecule has 0 bridgehead atoms. The zero-order chi connectivity index (χ0) is 25.8. The van der Waals surface area contributed by atoms with Gasteiger partial charge in [-0.1, -0.05) is 45.0 Å². The molecule has 190 valence electrons. The summed E-state index contributed by atoms with van der Waals surface area (Å²) in [5, 5.41) is 2.73. The van der Waals surface area contributed by atoms with Crippen molar-refractivity contribution in [2.45, 2.75) is 32.7 Å². The van der Waals surface area contributed by atoms with Crippen molar-refractivity contribution >= 4 is 52.9 Å². The Bertz CT molecular complexity index is 1260. The predicted molar refractivity (Wildman–Crippen MR) is 151 cm³/mol. The van der Waals surface area contributed by atoms with Gasteiger partial charge in [0.25, 0.3) is 11.8 Å². The number of amides is 2. The highest BCUT2D eigenvalue weighted by Gasteiger charge is 2.23. The van der Waals surface area contributed by atoms with Crippen LogP contribution in [0.5, 0.6) is 5.75 Å². The number of hydrogen-bond acceptors (Lipinski definition) is 5. The number of thiocarbonyl (C=S) groups is 1.